The molecule has 64 heavy (non-hydrogen) atoms. The first kappa shape index (κ1) is 35.7. The predicted molar refractivity (Wildman–Crippen MR) is 262 cm³/mol. The van der Waals surface area contributed by atoms with Crippen molar-refractivity contribution in [1.82, 2.24) is 4.57 Å². The monoisotopic (exact) mass is 822 g/mol. The van der Waals surface area contributed by atoms with Crippen LogP contribution in [0.4, 0.5) is 17.1 Å². The zero-order valence-electron chi connectivity index (χ0n) is 36.0. The second-order valence-corrected chi connectivity index (χ2v) is 18.9. The molecule has 0 saturated heterocycles. The molecule has 0 saturated carbocycles. The molecular formula is C60H42N2O2. The molecule has 14 rings (SSSR count). The molecule has 0 fully saturated rings. The highest BCUT2D eigenvalue weighted by Gasteiger charge is 2.40. The molecular weight excluding hydrogens is 781 g/mol. The van der Waals surface area contributed by atoms with Crippen molar-refractivity contribution < 1.29 is 9.47 Å². The number of anilines is 3. The maximum atomic E-state index is 7.33. The summed E-state index contributed by atoms with van der Waals surface area (Å²) in [5.74, 6) is 3.15. The SMILES string of the molecule is CC1(C)c2ccccc2-c2ccc(-c3ccc4c(c3)Oc3cc5c6ccccc6n(-c6ccccc6)c5c5c3N4c3ccc(-c4ccc6c(c4)C(C)(C)c4ccccc4-6)cc3O5)cc21. The van der Waals surface area contributed by atoms with Gasteiger partial charge in [0.05, 0.1) is 22.4 Å². The molecule has 0 radical (unpaired) electrons. The Morgan fingerprint density at radius 2 is 0.891 bits per heavy atom. The lowest BCUT2D eigenvalue weighted by molar-refractivity contribution is 0.449. The second kappa shape index (κ2) is 12.4. The molecule has 0 unspecified atom stereocenters. The Morgan fingerprint density at radius 3 is 1.52 bits per heavy atom. The third kappa shape index (κ3) is 4.67. The van der Waals surface area contributed by atoms with Crippen molar-refractivity contribution in [2.24, 2.45) is 0 Å². The van der Waals surface area contributed by atoms with E-state index in [-0.39, 0.29) is 10.8 Å². The summed E-state index contributed by atoms with van der Waals surface area (Å²) in [5, 5.41) is 2.22. The van der Waals surface area contributed by atoms with Crippen LogP contribution in [0.2, 0.25) is 0 Å². The third-order valence-corrected chi connectivity index (χ3v) is 14.8. The quantitative estimate of drug-likeness (QED) is 0.178. The first-order chi connectivity index (χ1) is 31.2. The summed E-state index contributed by atoms with van der Waals surface area (Å²) in [6.45, 7) is 9.36. The van der Waals surface area contributed by atoms with Crippen LogP contribution in [0.1, 0.15) is 49.9 Å². The van der Waals surface area contributed by atoms with E-state index in [1.807, 2.05) is 0 Å². The maximum absolute atomic E-state index is 7.33. The molecule has 1 aromatic heterocycles. The van der Waals surface area contributed by atoms with Crippen LogP contribution in [0.15, 0.2) is 182 Å². The first-order valence-electron chi connectivity index (χ1n) is 22.3. The summed E-state index contributed by atoms with van der Waals surface area (Å²) in [5.41, 5.74) is 21.2. The van der Waals surface area contributed by atoms with Crippen molar-refractivity contribution in [2.45, 2.75) is 38.5 Å². The Bertz CT molecular complexity index is 3670. The van der Waals surface area contributed by atoms with Gasteiger partial charge in [0, 0.05) is 27.3 Å². The zero-order chi connectivity index (χ0) is 42.6. The number of aromatic nitrogens is 1. The Hall–Kier alpha value is -7.82. The average Bonchev–Trinajstić information content (AvgIpc) is 3.88. The summed E-state index contributed by atoms with van der Waals surface area (Å²) in [7, 11) is 0. The first-order valence-corrected chi connectivity index (χ1v) is 22.3. The van der Waals surface area contributed by atoms with Crippen LogP contribution in [0.5, 0.6) is 23.0 Å². The van der Waals surface area contributed by atoms with Crippen LogP contribution in [-0.4, -0.2) is 4.57 Å². The summed E-state index contributed by atoms with van der Waals surface area (Å²) in [4.78, 5) is 2.37. The molecule has 2 aliphatic heterocycles. The molecule has 0 amide bonds. The Kier molecular flexibility index (Phi) is 6.94. The Labute approximate surface area is 372 Å². The lowest BCUT2D eigenvalue weighted by atomic mass is 9.81. The number of rotatable bonds is 3. The number of nitrogens with zero attached hydrogens (tertiary/aromatic N) is 2. The fourth-order valence-electron chi connectivity index (χ4n) is 11.6. The van der Waals surface area contributed by atoms with Gasteiger partial charge in [-0.25, -0.2) is 0 Å². The summed E-state index contributed by atoms with van der Waals surface area (Å²) < 4.78 is 16.8. The van der Waals surface area contributed by atoms with Crippen molar-refractivity contribution in [3.05, 3.63) is 204 Å². The molecule has 4 heteroatoms. The van der Waals surface area contributed by atoms with Gasteiger partial charge in [-0.05, 0) is 127 Å². The fourth-order valence-corrected chi connectivity index (χ4v) is 11.6. The van der Waals surface area contributed by atoms with E-state index in [0.29, 0.717) is 0 Å². The highest BCUT2D eigenvalue weighted by atomic mass is 16.5. The zero-order valence-corrected chi connectivity index (χ0v) is 36.0. The van der Waals surface area contributed by atoms with Crippen LogP contribution in [0.25, 0.3) is 72.0 Å². The number of ether oxygens (including phenoxy) is 2. The van der Waals surface area contributed by atoms with Gasteiger partial charge in [-0.15, -0.1) is 0 Å². The normalized spacial score (nSPS) is 15.0. The second-order valence-electron chi connectivity index (χ2n) is 18.9. The van der Waals surface area contributed by atoms with Gasteiger partial charge in [-0.2, -0.15) is 0 Å². The molecule has 4 nitrogen and oxygen atoms in total. The van der Waals surface area contributed by atoms with Gasteiger partial charge in [0.15, 0.2) is 23.0 Å². The smallest absolute Gasteiger partial charge is 0.180 e. The van der Waals surface area contributed by atoms with Gasteiger partial charge in [0.1, 0.15) is 5.69 Å². The Balaban J connectivity index is 0.966. The largest absolute Gasteiger partial charge is 0.453 e. The van der Waals surface area contributed by atoms with E-state index in [1.54, 1.807) is 0 Å². The molecule has 4 aliphatic rings. The van der Waals surface area contributed by atoms with E-state index in [1.165, 1.54) is 55.6 Å². The summed E-state index contributed by atoms with van der Waals surface area (Å²) in [6.07, 6.45) is 0. The van der Waals surface area contributed by atoms with E-state index in [9.17, 15) is 0 Å². The fraction of sp³-hybridized carbons (Fsp3) is 0.100. The molecule has 0 spiro atoms. The van der Waals surface area contributed by atoms with E-state index in [2.05, 4.69) is 219 Å². The van der Waals surface area contributed by atoms with E-state index < -0.39 is 0 Å². The highest BCUT2D eigenvalue weighted by Crippen LogP contribution is 2.63. The summed E-state index contributed by atoms with van der Waals surface area (Å²) >= 11 is 0. The van der Waals surface area contributed by atoms with Crippen LogP contribution in [-0.2, 0) is 10.8 Å². The van der Waals surface area contributed by atoms with E-state index >= 15 is 0 Å². The minimum Gasteiger partial charge on any atom is -0.453 e. The molecule has 2 aliphatic carbocycles. The number of hydrogen-bond donors (Lipinski definition) is 0. The lowest BCUT2D eigenvalue weighted by Crippen LogP contribution is -2.21. The number of hydrogen-bond acceptors (Lipinski definition) is 3. The molecule has 10 aromatic rings. The van der Waals surface area contributed by atoms with Gasteiger partial charge in [-0.1, -0.05) is 149 Å². The average molecular weight is 823 g/mol. The molecule has 0 N–H and O–H groups in total. The van der Waals surface area contributed by atoms with E-state index in [4.69, 9.17) is 9.47 Å². The van der Waals surface area contributed by atoms with Crippen LogP contribution in [0.3, 0.4) is 0 Å². The molecule has 3 heterocycles. The van der Waals surface area contributed by atoms with Gasteiger partial charge < -0.3 is 14.0 Å². The lowest BCUT2D eigenvalue weighted by Gasteiger charge is -2.38. The molecule has 304 valence electrons. The van der Waals surface area contributed by atoms with Crippen molar-refractivity contribution >= 4 is 38.9 Å². The topological polar surface area (TPSA) is 26.6 Å². The van der Waals surface area contributed by atoms with Crippen LogP contribution in [0, 0.1) is 0 Å². The third-order valence-electron chi connectivity index (χ3n) is 14.8. The Morgan fingerprint density at radius 1 is 0.391 bits per heavy atom. The molecule has 0 atom stereocenters. The van der Waals surface area contributed by atoms with E-state index in [0.717, 1.165) is 78.7 Å². The number of fused-ring (bicyclic) bond motifs is 14. The molecule has 0 bridgehead atoms. The van der Waals surface area contributed by atoms with Crippen LogP contribution >= 0.6 is 0 Å². The van der Waals surface area contributed by atoms with Gasteiger partial charge in [0.25, 0.3) is 0 Å². The van der Waals surface area contributed by atoms with Crippen molar-refractivity contribution in [2.75, 3.05) is 4.90 Å². The number of para-hydroxylation sites is 2. The summed E-state index contributed by atoms with van der Waals surface area (Å²) in [6, 6.07) is 66.5. The van der Waals surface area contributed by atoms with Crippen molar-refractivity contribution in [1.29, 1.82) is 0 Å². The highest BCUT2D eigenvalue weighted by molar-refractivity contribution is 6.16. The van der Waals surface area contributed by atoms with Crippen molar-refractivity contribution in [3.8, 4) is 73.2 Å². The molecule has 9 aromatic carbocycles. The number of benzene rings is 9. The van der Waals surface area contributed by atoms with Crippen LogP contribution < -0.4 is 14.4 Å². The minimum absolute atomic E-state index is 0.0936. The van der Waals surface area contributed by atoms with Gasteiger partial charge >= 0.3 is 0 Å². The van der Waals surface area contributed by atoms with Gasteiger partial charge in [0.2, 0.25) is 0 Å². The van der Waals surface area contributed by atoms with Gasteiger partial charge in [-0.3, -0.25) is 4.90 Å². The predicted octanol–water partition coefficient (Wildman–Crippen LogP) is 16.4. The van der Waals surface area contributed by atoms with Crippen molar-refractivity contribution in [3.63, 3.8) is 0 Å². The standard InChI is InChI=1S/C60H42N2O2/c1-59(2)46-19-11-8-16-40(46)42-26-22-35(30-48(42)59)37-24-28-51-53(32-37)63-55-34-45-44-18-10-13-21-50(44)61(39-14-6-5-7-15-39)56(45)58-57(55)62(51)52-29-25-38(33-54(52)64-58)36-23-27-43-41-17-9-12-20-47(41)60(3,4)49(43)31-36/h5-34H,1-4H3. The maximum Gasteiger partial charge on any atom is 0.180 e. The minimum atomic E-state index is -0.101.